The molecule has 6 nitrogen and oxygen atoms in total. The van der Waals surface area contributed by atoms with Gasteiger partial charge in [0.05, 0.1) is 5.69 Å². The van der Waals surface area contributed by atoms with Crippen LogP contribution in [0.2, 0.25) is 0 Å². The van der Waals surface area contributed by atoms with Crippen LogP contribution in [0.4, 0.5) is 0 Å². The summed E-state index contributed by atoms with van der Waals surface area (Å²) in [5.74, 6) is 1.62. The summed E-state index contributed by atoms with van der Waals surface area (Å²) in [5, 5.41) is 5.46. The first kappa shape index (κ1) is 15.3. The van der Waals surface area contributed by atoms with Crippen LogP contribution in [0.25, 0.3) is 16.9 Å². The van der Waals surface area contributed by atoms with Crippen molar-refractivity contribution in [3.8, 4) is 17.6 Å². The molecule has 0 saturated heterocycles. The van der Waals surface area contributed by atoms with Gasteiger partial charge in [0, 0.05) is 29.0 Å². The van der Waals surface area contributed by atoms with Gasteiger partial charge < -0.3 is 4.74 Å². The number of pyridine rings is 1. The average molecular weight is 331 g/mol. The third kappa shape index (κ3) is 2.94. The molecule has 0 amide bonds. The van der Waals surface area contributed by atoms with Crippen LogP contribution in [0, 0.1) is 20.8 Å². The molecule has 3 aromatic heterocycles. The summed E-state index contributed by atoms with van der Waals surface area (Å²) in [6, 6.07) is 13.5. The van der Waals surface area contributed by atoms with E-state index in [2.05, 4.69) is 20.1 Å². The topological polar surface area (TPSA) is 65.7 Å². The zero-order valence-corrected chi connectivity index (χ0v) is 14.3. The van der Waals surface area contributed by atoms with Crippen LogP contribution < -0.4 is 4.74 Å². The van der Waals surface area contributed by atoms with Crippen LogP contribution in [-0.4, -0.2) is 24.7 Å². The Morgan fingerprint density at radius 2 is 1.76 bits per heavy atom. The molecule has 0 atom stereocenters. The standard InChI is InChI=1S/C19H17N5O/c1-12-11-17(22-19(21-12)24-14(3)10-13(2)23-24)25-16-8-4-6-15-7-5-9-20-18(15)16/h4-11H,1-3H3. The number of ether oxygens (including phenoxy) is 1. The molecule has 6 heteroatoms. The number of hydrogen-bond donors (Lipinski definition) is 0. The molecule has 0 fully saturated rings. The van der Waals surface area contributed by atoms with Crippen molar-refractivity contribution in [1.82, 2.24) is 24.7 Å². The van der Waals surface area contributed by atoms with Crippen LogP contribution >= 0.6 is 0 Å². The van der Waals surface area contributed by atoms with Crippen molar-refractivity contribution in [3.63, 3.8) is 0 Å². The number of para-hydroxylation sites is 1. The van der Waals surface area contributed by atoms with Crippen LogP contribution in [0.1, 0.15) is 17.1 Å². The fraction of sp³-hybridized carbons (Fsp3) is 0.158. The van der Waals surface area contributed by atoms with E-state index in [9.17, 15) is 0 Å². The molecule has 4 rings (SSSR count). The molecule has 0 aliphatic heterocycles. The molecule has 0 spiro atoms. The van der Waals surface area contributed by atoms with Crippen molar-refractivity contribution in [2.75, 3.05) is 0 Å². The highest BCUT2D eigenvalue weighted by atomic mass is 16.5. The van der Waals surface area contributed by atoms with E-state index in [1.807, 2.05) is 57.2 Å². The first-order valence-electron chi connectivity index (χ1n) is 8.01. The Kier molecular flexibility index (Phi) is 3.65. The molecule has 0 aliphatic rings. The number of nitrogens with zero attached hydrogens (tertiary/aromatic N) is 5. The first-order valence-corrected chi connectivity index (χ1v) is 8.01. The van der Waals surface area contributed by atoms with Crippen molar-refractivity contribution < 1.29 is 4.74 Å². The summed E-state index contributed by atoms with van der Waals surface area (Å²) in [4.78, 5) is 13.4. The van der Waals surface area contributed by atoms with Crippen LogP contribution in [0.3, 0.4) is 0 Å². The molecular weight excluding hydrogens is 314 g/mol. The summed E-state index contributed by atoms with van der Waals surface area (Å²) in [5.41, 5.74) is 3.50. The minimum absolute atomic E-state index is 0.466. The molecule has 3 heterocycles. The lowest BCUT2D eigenvalue weighted by Gasteiger charge is -2.10. The van der Waals surface area contributed by atoms with E-state index in [-0.39, 0.29) is 0 Å². The Hall–Kier alpha value is -3.28. The predicted molar refractivity (Wildman–Crippen MR) is 95.2 cm³/mol. The molecule has 0 saturated carbocycles. The summed E-state index contributed by atoms with van der Waals surface area (Å²) >= 11 is 0. The maximum Gasteiger partial charge on any atom is 0.254 e. The van der Waals surface area contributed by atoms with E-state index in [4.69, 9.17) is 4.74 Å². The zero-order chi connectivity index (χ0) is 17.4. The number of aryl methyl sites for hydroxylation is 3. The molecule has 25 heavy (non-hydrogen) atoms. The largest absolute Gasteiger partial charge is 0.437 e. The highest BCUT2D eigenvalue weighted by molar-refractivity contribution is 5.84. The van der Waals surface area contributed by atoms with Crippen LogP contribution in [0.5, 0.6) is 11.6 Å². The molecule has 0 aliphatic carbocycles. The fourth-order valence-corrected chi connectivity index (χ4v) is 2.77. The SMILES string of the molecule is Cc1cc(Oc2cccc3cccnc23)nc(-n2nc(C)cc2C)n1. The van der Waals surface area contributed by atoms with Gasteiger partial charge in [-0.1, -0.05) is 18.2 Å². The van der Waals surface area contributed by atoms with E-state index in [0.717, 1.165) is 28.0 Å². The van der Waals surface area contributed by atoms with Crippen molar-refractivity contribution in [2.24, 2.45) is 0 Å². The number of benzene rings is 1. The summed E-state index contributed by atoms with van der Waals surface area (Å²) in [6.45, 7) is 5.82. The van der Waals surface area contributed by atoms with E-state index < -0.39 is 0 Å². The molecule has 0 unspecified atom stereocenters. The fourth-order valence-electron chi connectivity index (χ4n) is 2.77. The molecular formula is C19H17N5O. The predicted octanol–water partition coefficient (Wildman–Crippen LogP) is 3.93. The van der Waals surface area contributed by atoms with Gasteiger partial charge in [0.2, 0.25) is 5.88 Å². The number of hydrogen-bond acceptors (Lipinski definition) is 5. The first-order chi connectivity index (χ1) is 12.1. The average Bonchev–Trinajstić information content (AvgIpc) is 2.93. The summed E-state index contributed by atoms with van der Waals surface area (Å²) in [7, 11) is 0. The van der Waals surface area contributed by atoms with E-state index in [0.29, 0.717) is 17.6 Å². The third-order valence-corrected chi connectivity index (χ3v) is 3.83. The highest BCUT2D eigenvalue weighted by Crippen LogP contribution is 2.27. The van der Waals surface area contributed by atoms with Gasteiger partial charge in [-0.2, -0.15) is 10.1 Å². The van der Waals surface area contributed by atoms with Gasteiger partial charge in [-0.3, -0.25) is 4.98 Å². The normalized spacial score (nSPS) is 11.0. The van der Waals surface area contributed by atoms with Gasteiger partial charge in [0.15, 0.2) is 5.75 Å². The second-order valence-corrected chi connectivity index (χ2v) is 5.92. The smallest absolute Gasteiger partial charge is 0.254 e. The van der Waals surface area contributed by atoms with Gasteiger partial charge in [0.25, 0.3) is 5.95 Å². The quantitative estimate of drug-likeness (QED) is 0.569. The Bertz CT molecular complexity index is 1070. The maximum absolute atomic E-state index is 6.03. The van der Waals surface area contributed by atoms with Crippen molar-refractivity contribution in [2.45, 2.75) is 20.8 Å². The monoisotopic (exact) mass is 331 g/mol. The highest BCUT2D eigenvalue weighted by Gasteiger charge is 2.11. The lowest BCUT2D eigenvalue weighted by molar-refractivity contribution is 0.462. The van der Waals surface area contributed by atoms with Crippen molar-refractivity contribution in [1.29, 1.82) is 0 Å². The zero-order valence-electron chi connectivity index (χ0n) is 14.3. The maximum atomic E-state index is 6.03. The Balaban J connectivity index is 1.77. The second kappa shape index (κ2) is 5.98. The van der Waals surface area contributed by atoms with Gasteiger partial charge in [0.1, 0.15) is 5.52 Å². The lowest BCUT2D eigenvalue weighted by Crippen LogP contribution is -2.07. The van der Waals surface area contributed by atoms with Gasteiger partial charge in [-0.25, -0.2) is 9.67 Å². The third-order valence-electron chi connectivity index (χ3n) is 3.83. The minimum Gasteiger partial charge on any atom is -0.437 e. The van der Waals surface area contributed by atoms with Gasteiger partial charge in [-0.05, 0) is 39.0 Å². The van der Waals surface area contributed by atoms with Gasteiger partial charge >= 0.3 is 0 Å². The number of aromatic nitrogens is 5. The molecule has 0 radical (unpaired) electrons. The van der Waals surface area contributed by atoms with Crippen LogP contribution in [0.15, 0.2) is 48.7 Å². The lowest BCUT2D eigenvalue weighted by atomic mass is 10.2. The van der Waals surface area contributed by atoms with Crippen molar-refractivity contribution >= 4 is 10.9 Å². The second-order valence-electron chi connectivity index (χ2n) is 5.92. The Morgan fingerprint density at radius 3 is 2.56 bits per heavy atom. The summed E-state index contributed by atoms with van der Waals surface area (Å²) < 4.78 is 7.75. The number of fused-ring (bicyclic) bond motifs is 1. The van der Waals surface area contributed by atoms with Crippen molar-refractivity contribution in [3.05, 3.63) is 65.7 Å². The van der Waals surface area contributed by atoms with Gasteiger partial charge in [-0.15, -0.1) is 0 Å². The molecule has 0 bridgehead atoms. The Labute approximate surface area is 145 Å². The van der Waals surface area contributed by atoms with E-state index >= 15 is 0 Å². The molecule has 4 aromatic rings. The van der Waals surface area contributed by atoms with E-state index in [1.54, 1.807) is 16.9 Å². The van der Waals surface area contributed by atoms with E-state index in [1.165, 1.54) is 0 Å². The molecule has 124 valence electrons. The minimum atomic E-state index is 0.466. The number of rotatable bonds is 3. The van der Waals surface area contributed by atoms with Crippen LogP contribution in [-0.2, 0) is 0 Å². The molecule has 0 N–H and O–H groups in total. The molecule has 1 aromatic carbocycles. The summed E-state index contributed by atoms with van der Waals surface area (Å²) in [6.07, 6.45) is 1.75. The Morgan fingerprint density at radius 1 is 0.920 bits per heavy atom.